The van der Waals surface area contributed by atoms with Gasteiger partial charge in [-0.3, -0.25) is 9.69 Å². The number of H-pyrrole nitrogens is 2. The predicted octanol–water partition coefficient (Wildman–Crippen LogP) is 9.60. The number of hydrogen-bond acceptors (Lipinski definition) is 10. The zero-order valence-electron chi connectivity index (χ0n) is 37.7. The van der Waals surface area contributed by atoms with Crippen LogP contribution in [0.5, 0.6) is 11.5 Å². The van der Waals surface area contributed by atoms with Crippen molar-refractivity contribution in [3.63, 3.8) is 0 Å². The Morgan fingerprint density at radius 1 is 0.969 bits per heavy atom. The number of carbonyl (C=O) groups excluding carboxylic acids is 1. The number of aliphatic hydroxyl groups is 1. The monoisotopic (exact) mass is 898 g/mol. The van der Waals surface area contributed by atoms with Gasteiger partial charge < -0.3 is 35.8 Å². The van der Waals surface area contributed by atoms with Gasteiger partial charge in [0.2, 0.25) is 0 Å². The summed E-state index contributed by atoms with van der Waals surface area (Å²) < 4.78 is 37.1. The molecule has 1 atom stereocenters. The van der Waals surface area contributed by atoms with Crippen LogP contribution in [-0.2, 0) is 10.0 Å². The zero-order chi connectivity index (χ0) is 45.1. The van der Waals surface area contributed by atoms with E-state index in [-0.39, 0.29) is 21.9 Å². The first kappa shape index (κ1) is 43.3. The van der Waals surface area contributed by atoms with Crippen molar-refractivity contribution < 1.29 is 23.1 Å². The van der Waals surface area contributed by atoms with Crippen LogP contribution in [0.2, 0.25) is 0 Å². The Bertz CT molecular complexity index is 2830. The van der Waals surface area contributed by atoms with Crippen LogP contribution in [0.15, 0.2) is 90.2 Å². The molecule has 5 heterocycles. The molecule has 0 radical (unpaired) electrons. The number of likely N-dealkylation sites (tertiary alicyclic amines) is 1. The van der Waals surface area contributed by atoms with E-state index in [9.17, 15) is 18.3 Å². The van der Waals surface area contributed by atoms with Crippen molar-refractivity contribution in [2.45, 2.75) is 113 Å². The number of pyridine rings is 1. The molecular formula is C51H62N8O5S. The summed E-state index contributed by atoms with van der Waals surface area (Å²) in [5, 5.41) is 15.1. The number of ether oxygens (including phenoxy) is 1. The summed E-state index contributed by atoms with van der Waals surface area (Å²) in [5.74, 6) is 0.680. The van der Waals surface area contributed by atoms with Gasteiger partial charge in [0.1, 0.15) is 17.1 Å². The second-order valence-electron chi connectivity index (χ2n) is 20.0. The molecule has 2 saturated carbocycles. The van der Waals surface area contributed by atoms with Gasteiger partial charge >= 0.3 is 0 Å². The molecule has 1 spiro atoms. The van der Waals surface area contributed by atoms with Gasteiger partial charge in [0.05, 0.1) is 39.1 Å². The van der Waals surface area contributed by atoms with Crippen LogP contribution in [0.4, 0.5) is 17.1 Å². The van der Waals surface area contributed by atoms with Crippen molar-refractivity contribution in [3.8, 4) is 11.5 Å². The Labute approximate surface area is 381 Å². The van der Waals surface area contributed by atoms with Crippen molar-refractivity contribution in [1.29, 1.82) is 0 Å². The Balaban J connectivity index is 0.854. The predicted molar refractivity (Wildman–Crippen MR) is 257 cm³/mol. The standard InChI is InChI=1S/C51H62N8O5S/c1-32(2)38-7-4-5-8-39(38)43-9-6-22-59(43)36-28-51(29-36)18-23-58(24-19-51)35-10-11-40(44(26-35)64-37-25-34-14-20-54-48(34)56-31-37)49(60)57-65(62,63)45-27-42(52)47(46-41(45)15-21-53-46)55-30-33-12-16-50(3,61)17-13-33/h4-5,7-8,10-11,14-15,20-21,25-27,31-33,36,43,53,55,61H,6,9,12-13,16-19,22-24,28-30,52H2,1-3H3,(H,54,56)(H,57,60)/t33-,43-,50-/m0/s1. The molecule has 10 rings (SSSR count). The molecule has 4 fully saturated rings. The first-order chi connectivity index (χ1) is 31.2. The highest BCUT2D eigenvalue weighted by Gasteiger charge is 2.50. The lowest BCUT2D eigenvalue weighted by molar-refractivity contribution is -0.0227. The lowest BCUT2D eigenvalue weighted by Crippen LogP contribution is -2.54. The number of anilines is 3. The van der Waals surface area contributed by atoms with Crippen LogP contribution in [0.3, 0.4) is 0 Å². The molecule has 2 aliphatic carbocycles. The van der Waals surface area contributed by atoms with Gasteiger partial charge in [-0.1, -0.05) is 38.1 Å². The van der Waals surface area contributed by atoms with Gasteiger partial charge in [-0.15, -0.1) is 0 Å². The van der Waals surface area contributed by atoms with Gasteiger partial charge in [0.15, 0.2) is 0 Å². The molecule has 3 aromatic carbocycles. The van der Waals surface area contributed by atoms with E-state index in [1.165, 1.54) is 49.4 Å². The number of hydrogen-bond donors (Lipinski definition) is 6. The number of sulfonamides is 1. The van der Waals surface area contributed by atoms with Gasteiger partial charge in [-0.05, 0) is 142 Å². The second kappa shape index (κ2) is 17.0. The largest absolute Gasteiger partial charge is 0.455 e. The van der Waals surface area contributed by atoms with E-state index in [0.29, 0.717) is 63.9 Å². The second-order valence-corrected chi connectivity index (χ2v) is 21.6. The number of fused-ring (bicyclic) bond motifs is 2. The van der Waals surface area contributed by atoms with Crippen LogP contribution in [-0.4, -0.2) is 77.1 Å². The molecule has 0 unspecified atom stereocenters. The molecule has 2 saturated heterocycles. The minimum Gasteiger partial charge on any atom is -0.455 e. The van der Waals surface area contributed by atoms with E-state index in [4.69, 9.17) is 10.5 Å². The third kappa shape index (κ3) is 8.56. The third-order valence-electron chi connectivity index (χ3n) is 15.2. The van der Waals surface area contributed by atoms with Crippen LogP contribution < -0.4 is 25.4 Å². The molecule has 7 N–H and O–H groups in total. The van der Waals surface area contributed by atoms with Crippen molar-refractivity contribution in [2.75, 3.05) is 42.1 Å². The summed E-state index contributed by atoms with van der Waals surface area (Å²) in [7, 11) is -4.42. The summed E-state index contributed by atoms with van der Waals surface area (Å²) in [6, 6.07) is 22.4. The molecule has 4 aliphatic rings. The molecule has 65 heavy (non-hydrogen) atoms. The normalized spacial score (nSPS) is 22.8. The van der Waals surface area contributed by atoms with Gasteiger partial charge in [-0.25, -0.2) is 18.1 Å². The van der Waals surface area contributed by atoms with Crippen molar-refractivity contribution in [2.24, 2.45) is 11.3 Å². The Kier molecular flexibility index (Phi) is 11.3. The van der Waals surface area contributed by atoms with Crippen LogP contribution >= 0.6 is 0 Å². The lowest BCUT2D eigenvalue weighted by Gasteiger charge is -2.56. The number of aromatic amines is 2. The Morgan fingerprint density at radius 2 is 1.74 bits per heavy atom. The third-order valence-corrected chi connectivity index (χ3v) is 16.6. The van der Waals surface area contributed by atoms with E-state index in [0.717, 1.165) is 62.7 Å². The summed E-state index contributed by atoms with van der Waals surface area (Å²) in [5.41, 5.74) is 12.3. The number of carbonyl (C=O) groups is 1. The number of nitrogen functional groups attached to an aromatic ring is 1. The van der Waals surface area contributed by atoms with E-state index in [1.54, 1.807) is 30.7 Å². The molecule has 13 nitrogen and oxygen atoms in total. The lowest BCUT2D eigenvalue weighted by atomic mass is 9.59. The zero-order valence-corrected chi connectivity index (χ0v) is 38.5. The van der Waals surface area contributed by atoms with E-state index >= 15 is 0 Å². The average Bonchev–Trinajstić information content (AvgIpc) is 4.07. The molecule has 2 aliphatic heterocycles. The summed E-state index contributed by atoms with van der Waals surface area (Å²) in [6.07, 6.45) is 15.4. The Hall–Kier alpha value is -5.57. The van der Waals surface area contributed by atoms with Crippen molar-refractivity contribution in [1.82, 2.24) is 24.6 Å². The minimum atomic E-state index is -4.42. The van der Waals surface area contributed by atoms with Gasteiger partial charge in [-0.2, -0.15) is 0 Å². The molecule has 342 valence electrons. The SMILES string of the molecule is CC(C)c1ccccc1[C@@H]1CCCN1C1CC2(CCN(c3ccc(C(=O)NS(=O)(=O)c4cc(N)c(NC[C@H]5CC[C@](C)(O)CC5)c5[nH]ccc45)c(Oc4cnc5[nH]ccc5c4)c3)CC2)C1. The van der Waals surface area contributed by atoms with Crippen LogP contribution in [0, 0.1) is 11.3 Å². The maximum Gasteiger partial charge on any atom is 0.268 e. The number of aromatic nitrogens is 3. The van der Waals surface area contributed by atoms with Crippen LogP contribution in [0.1, 0.15) is 118 Å². The quantitative estimate of drug-likeness (QED) is 0.0648. The number of benzene rings is 3. The first-order valence-electron chi connectivity index (χ1n) is 23.5. The number of piperidine rings is 1. The topological polar surface area (TPSA) is 182 Å². The van der Waals surface area contributed by atoms with E-state index < -0.39 is 21.5 Å². The highest BCUT2D eigenvalue weighted by molar-refractivity contribution is 7.90. The summed E-state index contributed by atoms with van der Waals surface area (Å²) in [6.45, 7) is 10.0. The molecule has 14 heteroatoms. The van der Waals surface area contributed by atoms with Crippen molar-refractivity contribution in [3.05, 3.63) is 102 Å². The fourth-order valence-electron chi connectivity index (χ4n) is 11.4. The molecule has 1 amide bonds. The van der Waals surface area contributed by atoms with Gasteiger partial charge in [0.25, 0.3) is 15.9 Å². The molecule has 3 aromatic heterocycles. The van der Waals surface area contributed by atoms with Gasteiger partial charge in [0, 0.05) is 66.6 Å². The maximum atomic E-state index is 14.2. The number of nitrogens with two attached hydrogens (primary N) is 1. The maximum absolute atomic E-state index is 14.2. The molecular weight excluding hydrogens is 837 g/mol. The minimum absolute atomic E-state index is 0.0732. The van der Waals surface area contributed by atoms with E-state index in [1.807, 2.05) is 31.2 Å². The van der Waals surface area contributed by atoms with Crippen molar-refractivity contribution >= 4 is 54.9 Å². The highest BCUT2D eigenvalue weighted by atomic mass is 32.2. The summed E-state index contributed by atoms with van der Waals surface area (Å²) >= 11 is 0. The van der Waals surface area contributed by atoms with E-state index in [2.05, 4.69) is 72.9 Å². The highest BCUT2D eigenvalue weighted by Crippen LogP contribution is 2.54. The average molecular weight is 899 g/mol. The number of rotatable bonds is 12. The molecule has 6 aromatic rings. The Morgan fingerprint density at radius 3 is 2.52 bits per heavy atom. The first-order valence-corrected chi connectivity index (χ1v) is 25.0. The smallest absolute Gasteiger partial charge is 0.268 e. The van der Waals surface area contributed by atoms with Crippen LogP contribution in [0.25, 0.3) is 21.9 Å². The summed E-state index contributed by atoms with van der Waals surface area (Å²) in [4.78, 5) is 30.0. The number of nitrogens with one attached hydrogen (secondary N) is 4. The number of nitrogens with zero attached hydrogens (tertiary/aromatic N) is 3. The fraction of sp³-hybridized carbons (Fsp3) is 0.451. The molecule has 0 bridgehead atoms. The number of amides is 1. The fourth-order valence-corrected chi connectivity index (χ4v) is 12.6.